The van der Waals surface area contributed by atoms with Gasteiger partial charge in [-0.3, -0.25) is 0 Å². The van der Waals surface area contributed by atoms with Gasteiger partial charge in [0, 0.05) is 30.9 Å². The number of nitrogens with two attached hydrogens (primary N) is 1. The summed E-state index contributed by atoms with van der Waals surface area (Å²) in [5.74, 6) is 0.825. The summed E-state index contributed by atoms with van der Waals surface area (Å²) in [6.45, 7) is 1.47. The van der Waals surface area contributed by atoms with Crippen molar-refractivity contribution in [2.45, 2.75) is 32.2 Å². The maximum absolute atomic E-state index is 9.14. The number of rotatable bonds is 6. The van der Waals surface area contributed by atoms with Crippen molar-refractivity contribution in [3.05, 3.63) is 22.9 Å². The van der Waals surface area contributed by atoms with Crippen LogP contribution in [-0.4, -0.2) is 41.5 Å². The lowest BCUT2D eigenvalue weighted by molar-refractivity contribution is 0.280. The van der Waals surface area contributed by atoms with Crippen LogP contribution in [0.5, 0.6) is 0 Å². The number of aliphatic hydroxyl groups excluding tert-OH is 2. The Labute approximate surface area is 114 Å². The third-order valence-corrected chi connectivity index (χ3v) is 3.62. The van der Waals surface area contributed by atoms with Crippen LogP contribution in [0, 0.1) is 0 Å². The first-order valence-electron chi connectivity index (χ1n) is 6.98. The first-order valence-corrected chi connectivity index (χ1v) is 6.98. The van der Waals surface area contributed by atoms with E-state index in [0.717, 1.165) is 29.9 Å². The molecule has 5 nitrogen and oxygen atoms in total. The summed E-state index contributed by atoms with van der Waals surface area (Å²) in [7, 11) is 0. The van der Waals surface area contributed by atoms with E-state index in [0.29, 0.717) is 19.6 Å². The van der Waals surface area contributed by atoms with Crippen molar-refractivity contribution in [2.24, 2.45) is 5.73 Å². The fourth-order valence-corrected chi connectivity index (χ4v) is 2.66. The molecule has 1 aromatic heterocycles. The largest absolute Gasteiger partial charge is 0.395 e. The second kappa shape index (κ2) is 6.84. The summed E-state index contributed by atoms with van der Waals surface area (Å²) >= 11 is 0. The van der Waals surface area contributed by atoms with Crippen LogP contribution >= 0.6 is 0 Å². The molecule has 106 valence electrons. The number of nitrogens with zero attached hydrogens (tertiary/aromatic N) is 2. The lowest BCUT2D eigenvalue weighted by Gasteiger charge is -2.27. The molecular weight excluding hydrogens is 242 g/mol. The number of aryl methyl sites for hydroxylation is 2. The SMILES string of the molecule is NCc1cc2c(nc1N(CCO)CCO)CCCC2. The Kier molecular flexibility index (Phi) is 5.13. The number of aromatic nitrogens is 1. The fraction of sp³-hybridized carbons (Fsp3) is 0.643. The molecule has 4 N–H and O–H groups in total. The van der Waals surface area contributed by atoms with Gasteiger partial charge < -0.3 is 20.8 Å². The predicted molar refractivity (Wildman–Crippen MR) is 75.2 cm³/mol. The standard InChI is InChI=1S/C14H23N3O2/c15-10-12-9-11-3-1-2-4-13(11)16-14(12)17(5-7-18)6-8-19/h9,18-19H,1-8,10,15H2. The third-order valence-electron chi connectivity index (χ3n) is 3.62. The zero-order chi connectivity index (χ0) is 13.7. The van der Waals surface area contributed by atoms with Crippen molar-refractivity contribution in [1.82, 2.24) is 4.98 Å². The van der Waals surface area contributed by atoms with Crippen LogP contribution in [0.2, 0.25) is 0 Å². The van der Waals surface area contributed by atoms with Crippen LogP contribution in [-0.2, 0) is 19.4 Å². The van der Waals surface area contributed by atoms with Crippen molar-refractivity contribution in [3.63, 3.8) is 0 Å². The molecule has 5 heteroatoms. The van der Waals surface area contributed by atoms with Crippen LogP contribution in [0.25, 0.3) is 0 Å². The molecule has 1 heterocycles. The maximum Gasteiger partial charge on any atom is 0.133 e. The number of hydrogen-bond acceptors (Lipinski definition) is 5. The number of hydrogen-bond donors (Lipinski definition) is 3. The molecule has 0 aromatic carbocycles. The topological polar surface area (TPSA) is 82.6 Å². The molecule has 0 bridgehead atoms. The van der Waals surface area contributed by atoms with E-state index in [1.165, 1.54) is 18.4 Å². The van der Waals surface area contributed by atoms with E-state index in [9.17, 15) is 0 Å². The van der Waals surface area contributed by atoms with E-state index < -0.39 is 0 Å². The van der Waals surface area contributed by atoms with E-state index in [2.05, 4.69) is 6.07 Å². The van der Waals surface area contributed by atoms with E-state index in [4.69, 9.17) is 20.9 Å². The van der Waals surface area contributed by atoms with E-state index >= 15 is 0 Å². The monoisotopic (exact) mass is 265 g/mol. The zero-order valence-electron chi connectivity index (χ0n) is 11.3. The van der Waals surface area contributed by atoms with Crippen LogP contribution in [0.1, 0.15) is 29.7 Å². The second-order valence-corrected chi connectivity index (χ2v) is 4.92. The van der Waals surface area contributed by atoms with Gasteiger partial charge in [0.05, 0.1) is 13.2 Å². The Morgan fingerprint density at radius 3 is 2.47 bits per heavy atom. The third kappa shape index (κ3) is 3.23. The van der Waals surface area contributed by atoms with Crippen molar-refractivity contribution >= 4 is 5.82 Å². The number of aliphatic hydroxyl groups is 2. The summed E-state index contributed by atoms with van der Waals surface area (Å²) < 4.78 is 0. The highest BCUT2D eigenvalue weighted by molar-refractivity contribution is 5.50. The van der Waals surface area contributed by atoms with Crippen LogP contribution < -0.4 is 10.6 Å². The number of fused-ring (bicyclic) bond motifs is 1. The second-order valence-electron chi connectivity index (χ2n) is 4.92. The molecule has 1 aliphatic rings. The number of pyridine rings is 1. The zero-order valence-corrected chi connectivity index (χ0v) is 11.3. The van der Waals surface area contributed by atoms with E-state index in [-0.39, 0.29) is 13.2 Å². The average molecular weight is 265 g/mol. The summed E-state index contributed by atoms with van der Waals surface area (Å²) in [5.41, 5.74) is 9.29. The minimum atomic E-state index is 0.0444. The first-order chi connectivity index (χ1) is 9.30. The van der Waals surface area contributed by atoms with E-state index in [1.54, 1.807) is 0 Å². The highest BCUT2D eigenvalue weighted by atomic mass is 16.3. The van der Waals surface area contributed by atoms with Crippen LogP contribution in [0.3, 0.4) is 0 Å². The quantitative estimate of drug-likeness (QED) is 0.685. The minimum absolute atomic E-state index is 0.0444. The molecule has 0 spiro atoms. The molecular formula is C14H23N3O2. The lowest BCUT2D eigenvalue weighted by atomic mass is 9.94. The van der Waals surface area contributed by atoms with Crippen LogP contribution in [0.4, 0.5) is 5.82 Å². The molecule has 0 saturated heterocycles. The van der Waals surface area contributed by atoms with Gasteiger partial charge in [0.1, 0.15) is 5.82 Å². The van der Waals surface area contributed by atoms with Gasteiger partial charge in [0.15, 0.2) is 0 Å². The average Bonchev–Trinajstić information content (AvgIpc) is 2.45. The highest BCUT2D eigenvalue weighted by Crippen LogP contribution is 2.26. The normalized spacial score (nSPS) is 14.3. The molecule has 0 fully saturated rings. The molecule has 1 aliphatic carbocycles. The van der Waals surface area contributed by atoms with Gasteiger partial charge in [-0.2, -0.15) is 0 Å². The van der Waals surface area contributed by atoms with Gasteiger partial charge in [0.25, 0.3) is 0 Å². The summed E-state index contributed by atoms with van der Waals surface area (Å²) in [6.07, 6.45) is 4.49. The van der Waals surface area contributed by atoms with Gasteiger partial charge in [-0.05, 0) is 37.3 Å². The smallest absolute Gasteiger partial charge is 0.133 e. The van der Waals surface area contributed by atoms with Crippen molar-refractivity contribution in [3.8, 4) is 0 Å². The van der Waals surface area contributed by atoms with Gasteiger partial charge in [-0.1, -0.05) is 0 Å². The molecule has 1 aromatic rings. The number of anilines is 1. The Hall–Kier alpha value is -1.17. The molecule has 0 atom stereocenters. The van der Waals surface area contributed by atoms with Gasteiger partial charge in [-0.15, -0.1) is 0 Å². The Bertz CT molecular complexity index is 417. The molecule has 19 heavy (non-hydrogen) atoms. The van der Waals surface area contributed by atoms with Crippen molar-refractivity contribution in [2.75, 3.05) is 31.2 Å². The highest BCUT2D eigenvalue weighted by Gasteiger charge is 2.18. The van der Waals surface area contributed by atoms with Crippen molar-refractivity contribution < 1.29 is 10.2 Å². The molecule has 2 rings (SSSR count). The molecule has 0 unspecified atom stereocenters. The molecule has 0 amide bonds. The molecule has 0 saturated carbocycles. The first kappa shape index (κ1) is 14.2. The van der Waals surface area contributed by atoms with E-state index in [1.807, 2.05) is 4.90 Å². The molecule has 0 radical (unpaired) electrons. The minimum Gasteiger partial charge on any atom is -0.395 e. The van der Waals surface area contributed by atoms with Gasteiger partial charge in [-0.25, -0.2) is 4.98 Å². The summed E-state index contributed by atoms with van der Waals surface area (Å²) in [4.78, 5) is 6.66. The summed E-state index contributed by atoms with van der Waals surface area (Å²) in [5, 5.41) is 18.3. The van der Waals surface area contributed by atoms with Crippen molar-refractivity contribution in [1.29, 1.82) is 0 Å². The van der Waals surface area contributed by atoms with Crippen LogP contribution in [0.15, 0.2) is 6.07 Å². The van der Waals surface area contributed by atoms with Gasteiger partial charge >= 0.3 is 0 Å². The summed E-state index contributed by atoms with van der Waals surface area (Å²) in [6, 6.07) is 2.15. The fourth-order valence-electron chi connectivity index (χ4n) is 2.66. The van der Waals surface area contributed by atoms with Gasteiger partial charge in [0.2, 0.25) is 0 Å². The predicted octanol–water partition coefficient (Wildman–Crippen LogP) is 0.210. The Morgan fingerprint density at radius 2 is 1.84 bits per heavy atom. The maximum atomic E-state index is 9.14. The molecule has 0 aliphatic heterocycles. The Morgan fingerprint density at radius 1 is 1.16 bits per heavy atom. The lowest BCUT2D eigenvalue weighted by Crippen LogP contribution is -2.32. The Balaban J connectivity index is 2.35.